The van der Waals surface area contributed by atoms with Gasteiger partial charge in [-0.25, -0.2) is 4.79 Å². The zero-order valence-corrected chi connectivity index (χ0v) is 21.6. The Hall–Kier alpha value is -3.51. The lowest BCUT2D eigenvalue weighted by Gasteiger charge is -2.20. The molecular weight excluding hydrogens is 506 g/mol. The Morgan fingerprint density at radius 2 is 1.37 bits per heavy atom. The maximum absolute atomic E-state index is 12.9. The van der Waals surface area contributed by atoms with Crippen molar-refractivity contribution in [2.24, 2.45) is 0 Å². The van der Waals surface area contributed by atoms with Gasteiger partial charge in [-0.05, 0) is 72.1 Å². The van der Waals surface area contributed by atoms with Crippen LogP contribution in [0.15, 0.2) is 95.6 Å². The molecule has 0 saturated heterocycles. The lowest BCUT2D eigenvalue weighted by Crippen LogP contribution is -2.27. The molecule has 0 spiro atoms. The van der Waals surface area contributed by atoms with E-state index in [4.69, 9.17) is 14.2 Å². The van der Waals surface area contributed by atoms with Gasteiger partial charge < -0.3 is 14.2 Å². The number of ether oxygens (including phenoxy) is 3. The van der Waals surface area contributed by atoms with Crippen molar-refractivity contribution in [3.8, 4) is 22.8 Å². The van der Waals surface area contributed by atoms with Crippen LogP contribution in [0.1, 0.15) is 31.9 Å². The molecule has 6 heteroatoms. The van der Waals surface area contributed by atoms with Crippen molar-refractivity contribution in [1.82, 2.24) is 4.57 Å². The predicted molar refractivity (Wildman–Crippen MR) is 141 cm³/mol. The first kappa shape index (κ1) is 24.6. The minimum absolute atomic E-state index is 0.392. The summed E-state index contributed by atoms with van der Waals surface area (Å²) in [7, 11) is 0. The van der Waals surface area contributed by atoms with E-state index < -0.39 is 11.7 Å². The number of nitrogens with zero attached hydrogens (tertiary/aromatic N) is 1. The first-order valence-corrected chi connectivity index (χ1v) is 12.2. The molecule has 0 N–H and O–H groups in total. The molecule has 0 aliphatic carbocycles. The fraction of sp³-hybridized carbons (Fsp3) is 0.207. The van der Waals surface area contributed by atoms with Gasteiger partial charge >= 0.3 is 6.09 Å². The first-order chi connectivity index (χ1) is 16.8. The minimum atomic E-state index is -0.607. The molecule has 3 aromatic carbocycles. The summed E-state index contributed by atoms with van der Waals surface area (Å²) in [5, 5.41) is 0. The van der Waals surface area contributed by atoms with Crippen molar-refractivity contribution in [1.29, 1.82) is 0 Å². The maximum Gasteiger partial charge on any atom is 0.419 e. The fourth-order valence-corrected chi connectivity index (χ4v) is 3.91. The number of benzene rings is 3. The van der Waals surface area contributed by atoms with E-state index in [0.29, 0.717) is 30.4 Å². The van der Waals surface area contributed by atoms with Crippen LogP contribution in [0, 0.1) is 0 Å². The van der Waals surface area contributed by atoms with Crippen LogP contribution in [0.3, 0.4) is 0 Å². The summed E-state index contributed by atoms with van der Waals surface area (Å²) >= 11 is 3.49. The molecule has 5 nitrogen and oxygen atoms in total. The Labute approximate surface area is 214 Å². The van der Waals surface area contributed by atoms with Crippen molar-refractivity contribution in [3.05, 3.63) is 107 Å². The molecule has 4 rings (SSSR count). The Kier molecular flexibility index (Phi) is 7.61. The average Bonchev–Trinajstić information content (AvgIpc) is 3.24. The molecule has 180 valence electrons. The predicted octanol–water partition coefficient (Wildman–Crippen LogP) is 7.86. The van der Waals surface area contributed by atoms with Crippen molar-refractivity contribution in [3.63, 3.8) is 0 Å². The number of aromatic nitrogens is 1. The molecule has 0 aliphatic heterocycles. The van der Waals surface area contributed by atoms with Crippen molar-refractivity contribution in [2.75, 3.05) is 0 Å². The molecule has 0 aliphatic rings. The van der Waals surface area contributed by atoms with E-state index in [9.17, 15) is 4.79 Å². The van der Waals surface area contributed by atoms with E-state index in [1.54, 1.807) is 6.20 Å². The van der Waals surface area contributed by atoms with E-state index in [0.717, 1.165) is 21.2 Å². The second-order valence-electron chi connectivity index (χ2n) is 9.10. The van der Waals surface area contributed by atoms with Gasteiger partial charge in [0.05, 0.1) is 5.69 Å². The zero-order chi connectivity index (χ0) is 24.8. The largest absolute Gasteiger partial charge is 0.485 e. The standard InChI is InChI=1S/C29H28BrNO4/c1-29(2,3)35-28(32)31-18-24(30)17-25(31)23-14-15-26(33-19-21-10-6-4-7-11-21)27(16-23)34-20-22-12-8-5-9-13-22/h4-18H,19-20H2,1-3H3. The van der Waals surface area contributed by atoms with E-state index in [-0.39, 0.29) is 0 Å². The first-order valence-electron chi connectivity index (χ1n) is 11.4. The van der Waals surface area contributed by atoms with E-state index in [1.807, 2.05) is 106 Å². The van der Waals surface area contributed by atoms with Crippen LogP contribution in [0.4, 0.5) is 4.79 Å². The zero-order valence-electron chi connectivity index (χ0n) is 20.0. The number of carbonyl (C=O) groups is 1. The van der Waals surface area contributed by atoms with Gasteiger partial charge in [0.25, 0.3) is 0 Å². The van der Waals surface area contributed by atoms with E-state index in [2.05, 4.69) is 15.9 Å². The van der Waals surface area contributed by atoms with Crippen LogP contribution in [0.2, 0.25) is 0 Å². The Bertz CT molecular complexity index is 1280. The second-order valence-corrected chi connectivity index (χ2v) is 10.0. The van der Waals surface area contributed by atoms with Crippen LogP contribution in [0.5, 0.6) is 11.5 Å². The summed E-state index contributed by atoms with van der Waals surface area (Å²) < 4.78 is 20.2. The third-order valence-electron chi connectivity index (χ3n) is 5.09. The number of halogens is 1. The minimum Gasteiger partial charge on any atom is -0.485 e. The van der Waals surface area contributed by atoms with Crippen molar-refractivity contribution >= 4 is 22.0 Å². The van der Waals surface area contributed by atoms with Gasteiger partial charge in [0, 0.05) is 16.2 Å². The van der Waals surface area contributed by atoms with Gasteiger partial charge in [-0.2, -0.15) is 0 Å². The molecule has 0 saturated carbocycles. The number of hydrogen-bond donors (Lipinski definition) is 0. The lowest BCUT2D eigenvalue weighted by molar-refractivity contribution is 0.0540. The van der Waals surface area contributed by atoms with Gasteiger partial charge in [0.1, 0.15) is 18.8 Å². The van der Waals surface area contributed by atoms with Gasteiger partial charge in [-0.15, -0.1) is 0 Å². The summed E-state index contributed by atoms with van der Waals surface area (Å²) in [6.07, 6.45) is 1.25. The van der Waals surface area contributed by atoms with Crippen LogP contribution in [-0.2, 0) is 18.0 Å². The van der Waals surface area contributed by atoms with Gasteiger partial charge in [0.15, 0.2) is 11.5 Å². The quantitative estimate of drug-likeness (QED) is 0.242. The molecule has 0 radical (unpaired) electrons. The molecule has 0 atom stereocenters. The van der Waals surface area contributed by atoms with Gasteiger partial charge in [0.2, 0.25) is 0 Å². The van der Waals surface area contributed by atoms with Crippen LogP contribution in [-0.4, -0.2) is 16.3 Å². The smallest absolute Gasteiger partial charge is 0.419 e. The highest BCUT2D eigenvalue weighted by atomic mass is 79.9. The molecule has 1 aromatic heterocycles. The average molecular weight is 534 g/mol. The molecule has 0 unspecified atom stereocenters. The summed E-state index contributed by atoms with van der Waals surface area (Å²) in [5.74, 6) is 1.22. The molecular formula is C29H28BrNO4. The highest BCUT2D eigenvalue weighted by Gasteiger charge is 2.21. The topological polar surface area (TPSA) is 49.7 Å². The van der Waals surface area contributed by atoms with Gasteiger partial charge in [-0.1, -0.05) is 60.7 Å². The third-order valence-corrected chi connectivity index (χ3v) is 5.52. The molecule has 0 bridgehead atoms. The number of hydrogen-bond acceptors (Lipinski definition) is 4. The number of carbonyl (C=O) groups excluding carboxylic acids is 1. The Balaban J connectivity index is 1.65. The van der Waals surface area contributed by atoms with E-state index >= 15 is 0 Å². The highest BCUT2D eigenvalue weighted by molar-refractivity contribution is 9.10. The molecule has 0 amide bonds. The highest BCUT2D eigenvalue weighted by Crippen LogP contribution is 2.35. The summed E-state index contributed by atoms with van der Waals surface area (Å²) in [5.41, 5.74) is 2.99. The monoisotopic (exact) mass is 533 g/mol. The van der Waals surface area contributed by atoms with Crippen molar-refractivity contribution < 1.29 is 19.0 Å². The summed E-state index contributed by atoms with van der Waals surface area (Å²) in [6.45, 7) is 6.34. The third kappa shape index (κ3) is 6.76. The Morgan fingerprint density at radius 1 is 0.800 bits per heavy atom. The summed E-state index contributed by atoms with van der Waals surface area (Å²) in [6, 6.07) is 27.5. The maximum atomic E-state index is 12.9. The van der Waals surface area contributed by atoms with E-state index in [1.165, 1.54) is 4.57 Å². The molecule has 4 aromatic rings. The Morgan fingerprint density at radius 3 is 1.94 bits per heavy atom. The lowest BCUT2D eigenvalue weighted by atomic mass is 10.1. The second kappa shape index (κ2) is 10.8. The summed E-state index contributed by atoms with van der Waals surface area (Å²) in [4.78, 5) is 12.9. The van der Waals surface area contributed by atoms with Crippen LogP contribution >= 0.6 is 15.9 Å². The van der Waals surface area contributed by atoms with Crippen LogP contribution in [0.25, 0.3) is 11.3 Å². The SMILES string of the molecule is CC(C)(C)OC(=O)n1cc(Br)cc1-c1ccc(OCc2ccccc2)c(OCc2ccccc2)c1. The molecule has 35 heavy (non-hydrogen) atoms. The van der Waals surface area contributed by atoms with Gasteiger partial charge in [-0.3, -0.25) is 4.57 Å². The van der Waals surface area contributed by atoms with Crippen LogP contribution < -0.4 is 9.47 Å². The normalized spacial score (nSPS) is 11.2. The molecule has 0 fully saturated rings. The van der Waals surface area contributed by atoms with Crippen molar-refractivity contribution in [2.45, 2.75) is 39.6 Å². The number of rotatable bonds is 7. The molecule has 1 heterocycles. The fourth-order valence-electron chi connectivity index (χ4n) is 3.48.